The largest absolute Gasteiger partial charge is 0.497 e. The van der Waals surface area contributed by atoms with Gasteiger partial charge in [-0.2, -0.15) is 0 Å². The predicted octanol–water partition coefficient (Wildman–Crippen LogP) is 4.18. The van der Waals surface area contributed by atoms with Crippen LogP contribution in [0.1, 0.15) is 31.1 Å². The van der Waals surface area contributed by atoms with Crippen LogP contribution in [0, 0.1) is 0 Å². The van der Waals surface area contributed by atoms with Gasteiger partial charge in [0.25, 0.3) is 5.91 Å². The zero-order valence-corrected chi connectivity index (χ0v) is 14.2. The number of benzene rings is 2. The fourth-order valence-electron chi connectivity index (χ4n) is 2.53. The molecule has 4 heteroatoms. The Morgan fingerprint density at radius 3 is 2.17 bits per heavy atom. The summed E-state index contributed by atoms with van der Waals surface area (Å²) < 4.78 is 5.10. The van der Waals surface area contributed by atoms with Crippen LogP contribution in [0.5, 0.6) is 5.75 Å². The van der Waals surface area contributed by atoms with Crippen molar-refractivity contribution in [3.63, 3.8) is 0 Å². The third-order valence-electron chi connectivity index (χ3n) is 3.77. The summed E-state index contributed by atoms with van der Waals surface area (Å²) in [5, 5.41) is 2.91. The van der Waals surface area contributed by atoms with Gasteiger partial charge in [0.1, 0.15) is 5.75 Å². The van der Waals surface area contributed by atoms with Crippen LogP contribution in [0.3, 0.4) is 0 Å². The van der Waals surface area contributed by atoms with E-state index in [1.165, 1.54) is 0 Å². The van der Waals surface area contributed by atoms with Crippen LogP contribution in [0.2, 0.25) is 0 Å². The molecule has 4 nitrogen and oxygen atoms in total. The molecule has 0 heterocycles. The quantitative estimate of drug-likeness (QED) is 0.870. The summed E-state index contributed by atoms with van der Waals surface area (Å²) in [5.74, 6) is 0.607. The molecule has 0 aliphatic carbocycles. The van der Waals surface area contributed by atoms with Crippen LogP contribution >= 0.6 is 0 Å². The van der Waals surface area contributed by atoms with E-state index >= 15 is 0 Å². The van der Waals surface area contributed by atoms with Crippen LogP contribution in [-0.2, 0) is 0 Å². The maximum Gasteiger partial charge on any atom is 0.255 e. The molecule has 0 aliphatic heterocycles. The molecule has 23 heavy (non-hydrogen) atoms. The number of amides is 1. The van der Waals surface area contributed by atoms with Crippen molar-refractivity contribution in [2.45, 2.75) is 26.8 Å². The molecule has 0 bridgehead atoms. The lowest BCUT2D eigenvalue weighted by Crippen LogP contribution is -2.30. The molecule has 0 radical (unpaired) electrons. The first-order valence-electron chi connectivity index (χ1n) is 7.87. The van der Waals surface area contributed by atoms with Crippen molar-refractivity contribution in [1.29, 1.82) is 0 Å². The van der Waals surface area contributed by atoms with E-state index in [-0.39, 0.29) is 5.91 Å². The molecule has 0 saturated carbocycles. The molecule has 1 amide bonds. The molecule has 2 aromatic carbocycles. The summed E-state index contributed by atoms with van der Waals surface area (Å²) in [6.45, 7) is 7.43. The second-order valence-electron chi connectivity index (χ2n) is 5.61. The molecule has 0 aliphatic rings. The van der Waals surface area contributed by atoms with Crippen LogP contribution < -0.4 is 15.0 Å². The third-order valence-corrected chi connectivity index (χ3v) is 3.77. The molecule has 0 saturated heterocycles. The average molecular weight is 312 g/mol. The fraction of sp³-hybridized carbons (Fsp3) is 0.316. The number of hydrogen-bond donors (Lipinski definition) is 1. The Labute approximate surface area is 138 Å². The SMILES string of the molecule is CCN(c1ccc(NC(=O)c2ccc(OC)cc2)cc1)C(C)C. The maximum atomic E-state index is 12.2. The van der Waals surface area contributed by atoms with Crippen molar-refractivity contribution in [2.75, 3.05) is 23.9 Å². The number of ether oxygens (including phenoxy) is 1. The van der Waals surface area contributed by atoms with Gasteiger partial charge in [0.15, 0.2) is 0 Å². The second-order valence-corrected chi connectivity index (χ2v) is 5.61. The Hall–Kier alpha value is -2.49. The summed E-state index contributed by atoms with van der Waals surface area (Å²) in [7, 11) is 1.60. The van der Waals surface area contributed by atoms with Crippen molar-refractivity contribution in [3.05, 3.63) is 54.1 Å². The minimum Gasteiger partial charge on any atom is -0.497 e. The Kier molecular flexibility index (Phi) is 5.63. The highest BCUT2D eigenvalue weighted by atomic mass is 16.5. The standard InChI is InChI=1S/C19H24N2O2/c1-5-21(14(2)3)17-10-8-16(9-11-17)20-19(22)15-6-12-18(23-4)13-7-15/h6-14H,5H2,1-4H3,(H,20,22). The Morgan fingerprint density at radius 1 is 1.09 bits per heavy atom. The Balaban J connectivity index is 2.06. The van der Waals surface area contributed by atoms with Crippen molar-refractivity contribution < 1.29 is 9.53 Å². The van der Waals surface area contributed by atoms with Crippen LogP contribution in [0.15, 0.2) is 48.5 Å². The first kappa shape index (κ1) is 16.9. The number of methoxy groups -OCH3 is 1. The van der Waals surface area contributed by atoms with Gasteiger partial charge in [-0.05, 0) is 69.3 Å². The van der Waals surface area contributed by atoms with E-state index in [1.54, 1.807) is 31.4 Å². The number of anilines is 2. The Morgan fingerprint density at radius 2 is 1.70 bits per heavy atom. The normalized spacial score (nSPS) is 10.5. The first-order valence-corrected chi connectivity index (χ1v) is 7.87. The molecule has 0 spiro atoms. The van der Waals surface area contributed by atoms with E-state index in [4.69, 9.17) is 4.74 Å². The minimum absolute atomic E-state index is 0.128. The first-order chi connectivity index (χ1) is 11.0. The summed E-state index contributed by atoms with van der Waals surface area (Å²) >= 11 is 0. The molecule has 2 aromatic rings. The number of rotatable bonds is 6. The number of carbonyl (C=O) groups is 1. The molecule has 1 N–H and O–H groups in total. The van der Waals surface area contributed by atoms with Gasteiger partial charge in [-0.25, -0.2) is 0 Å². The molecule has 122 valence electrons. The highest BCUT2D eigenvalue weighted by molar-refractivity contribution is 6.04. The van der Waals surface area contributed by atoms with Gasteiger partial charge in [0.05, 0.1) is 7.11 Å². The van der Waals surface area contributed by atoms with Crippen molar-refractivity contribution in [3.8, 4) is 5.75 Å². The molecule has 0 unspecified atom stereocenters. The number of carbonyl (C=O) groups excluding carboxylic acids is 1. The lowest BCUT2D eigenvalue weighted by atomic mass is 10.2. The van der Waals surface area contributed by atoms with E-state index in [2.05, 4.69) is 31.0 Å². The van der Waals surface area contributed by atoms with Gasteiger partial charge < -0.3 is 15.0 Å². The van der Waals surface area contributed by atoms with Crippen LogP contribution in [0.4, 0.5) is 11.4 Å². The minimum atomic E-state index is -0.128. The summed E-state index contributed by atoms with van der Waals surface area (Å²) in [4.78, 5) is 14.5. The molecular formula is C19H24N2O2. The summed E-state index contributed by atoms with van der Waals surface area (Å²) in [6.07, 6.45) is 0. The molecular weight excluding hydrogens is 288 g/mol. The van der Waals surface area contributed by atoms with Gasteiger partial charge >= 0.3 is 0 Å². The zero-order chi connectivity index (χ0) is 16.8. The smallest absolute Gasteiger partial charge is 0.255 e. The van der Waals surface area contributed by atoms with Crippen LogP contribution in [0.25, 0.3) is 0 Å². The second kappa shape index (κ2) is 7.68. The third kappa shape index (κ3) is 4.25. The molecule has 0 fully saturated rings. The topological polar surface area (TPSA) is 41.6 Å². The summed E-state index contributed by atoms with van der Waals surface area (Å²) in [6, 6.07) is 15.4. The van der Waals surface area contributed by atoms with Gasteiger partial charge in [-0.15, -0.1) is 0 Å². The van der Waals surface area contributed by atoms with Gasteiger partial charge in [-0.1, -0.05) is 0 Å². The van der Waals surface area contributed by atoms with E-state index in [0.717, 1.165) is 23.7 Å². The lowest BCUT2D eigenvalue weighted by Gasteiger charge is -2.27. The monoisotopic (exact) mass is 312 g/mol. The average Bonchev–Trinajstić information content (AvgIpc) is 2.56. The van der Waals surface area contributed by atoms with Crippen LogP contribution in [-0.4, -0.2) is 25.6 Å². The number of nitrogens with one attached hydrogen (secondary N) is 1. The zero-order valence-electron chi connectivity index (χ0n) is 14.2. The Bertz CT molecular complexity index is 633. The van der Waals surface area contributed by atoms with Gasteiger partial charge in [0.2, 0.25) is 0 Å². The van der Waals surface area contributed by atoms with Crippen molar-refractivity contribution in [1.82, 2.24) is 0 Å². The van der Waals surface area contributed by atoms with E-state index in [0.29, 0.717) is 11.6 Å². The number of hydrogen-bond acceptors (Lipinski definition) is 3. The van der Waals surface area contributed by atoms with Crippen molar-refractivity contribution in [2.24, 2.45) is 0 Å². The molecule has 0 aromatic heterocycles. The molecule has 2 rings (SSSR count). The number of nitrogens with zero attached hydrogens (tertiary/aromatic N) is 1. The van der Waals surface area contributed by atoms with Gasteiger partial charge in [-0.3, -0.25) is 4.79 Å². The van der Waals surface area contributed by atoms with E-state index < -0.39 is 0 Å². The highest BCUT2D eigenvalue weighted by Gasteiger charge is 2.09. The fourth-order valence-corrected chi connectivity index (χ4v) is 2.53. The van der Waals surface area contributed by atoms with E-state index in [9.17, 15) is 4.79 Å². The predicted molar refractivity (Wildman–Crippen MR) is 95.5 cm³/mol. The lowest BCUT2D eigenvalue weighted by molar-refractivity contribution is 0.102. The van der Waals surface area contributed by atoms with E-state index in [1.807, 2.05) is 24.3 Å². The summed E-state index contributed by atoms with van der Waals surface area (Å²) in [5.41, 5.74) is 2.55. The van der Waals surface area contributed by atoms with Crippen molar-refractivity contribution >= 4 is 17.3 Å². The maximum absolute atomic E-state index is 12.2. The highest BCUT2D eigenvalue weighted by Crippen LogP contribution is 2.20. The molecule has 0 atom stereocenters. The van der Waals surface area contributed by atoms with Gasteiger partial charge in [0, 0.05) is 29.5 Å².